The average Bonchev–Trinajstić information content (AvgIpc) is 3.45. The number of amides is 1. The van der Waals surface area contributed by atoms with E-state index in [9.17, 15) is 4.79 Å². The van der Waals surface area contributed by atoms with Crippen molar-refractivity contribution in [1.29, 1.82) is 0 Å². The van der Waals surface area contributed by atoms with Crippen LogP contribution in [0.15, 0.2) is 77.9 Å². The van der Waals surface area contributed by atoms with Crippen LogP contribution in [0.5, 0.6) is 5.75 Å². The smallest absolute Gasteiger partial charge is 0.253 e. The van der Waals surface area contributed by atoms with E-state index in [2.05, 4.69) is 10.1 Å². The van der Waals surface area contributed by atoms with E-state index >= 15 is 0 Å². The van der Waals surface area contributed by atoms with E-state index in [4.69, 9.17) is 4.74 Å². The highest BCUT2D eigenvalue weighted by Gasteiger charge is 2.13. The summed E-state index contributed by atoms with van der Waals surface area (Å²) < 4.78 is 7.50. The largest absolute Gasteiger partial charge is 0.487 e. The van der Waals surface area contributed by atoms with Gasteiger partial charge in [-0.3, -0.25) is 4.79 Å². The first-order valence-electron chi connectivity index (χ1n) is 9.13. The third-order valence-electron chi connectivity index (χ3n) is 4.39. The van der Waals surface area contributed by atoms with Crippen molar-refractivity contribution < 1.29 is 9.53 Å². The van der Waals surface area contributed by atoms with Gasteiger partial charge in [-0.2, -0.15) is 5.10 Å². The van der Waals surface area contributed by atoms with E-state index < -0.39 is 0 Å². The molecule has 0 atom stereocenters. The summed E-state index contributed by atoms with van der Waals surface area (Å²) >= 11 is 1.54. The van der Waals surface area contributed by atoms with Crippen LogP contribution in [0.25, 0.3) is 5.69 Å². The zero-order valence-electron chi connectivity index (χ0n) is 15.9. The molecular weight excluding hydrogens is 384 g/mol. The summed E-state index contributed by atoms with van der Waals surface area (Å²) in [6.07, 6.45) is 3.72. The van der Waals surface area contributed by atoms with E-state index in [-0.39, 0.29) is 5.91 Å². The number of carbonyl (C=O) groups excluding carboxylic acids is 1. The Kier molecular flexibility index (Phi) is 5.67. The number of hydrogen-bond donors (Lipinski definition) is 0. The van der Waals surface area contributed by atoms with Gasteiger partial charge in [-0.1, -0.05) is 18.2 Å². The summed E-state index contributed by atoms with van der Waals surface area (Å²) in [6, 6.07) is 17.1. The molecule has 2 heterocycles. The van der Waals surface area contributed by atoms with E-state index in [1.807, 2.05) is 46.6 Å². The molecule has 0 aliphatic heterocycles. The van der Waals surface area contributed by atoms with E-state index in [1.54, 1.807) is 47.9 Å². The zero-order valence-corrected chi connectivity index (χ0v) is 16.7. The number of carbonyl (C=O) groups is 1. The molecule has 2 aromatic carbocycles. The molecule has 0 aliphatic rings. The van der Waals surface area contributed by atoms with Gasteiger partial charge in [0.15, 0.2) is 0 Å². The molecule has 4 aromatic rings. The van der Waals surface area contributed by atoms with Crippen LogP contribution in [-0.4, -0.2) is 32.6 Å². The van der Waals surface area contributed by atoms with Crippen molar-refractivity contribution in [3.8, 4) is 11.4 Å². The lowest BCUT2D eigenvalue weighted by atomic mass is 10.2. The van der Waals surface area contributed by atoms with Crippen molar-refractivity contribution >= 4 is 17.2 Å². The molecule has 0 aliphatic carbocycles. The molecule has 0 saturated heterocycles. The molecule has 146 valence electrons. The topological polar surface area (TPSA) is 60.2 Å². The van der Waals surface area contributed by atoms with Gasteiger partial charge in [-0.25, -0.2) is 9.67 Å². The van der Waals surface area contributed by atoms with Gasteiger partial charge in [0.1, 0.15) is 12.4 Å². The molecule has 0 spiro atoms. The Balaban J connectivity index is 1.36. The molecule has 0 radical (unpaired) electrons. The van der Waals surface area contributed by atoms with Crippen LogP contribution in [0.4, 0.5) is 0 Å². The second-order valence-electron chi connectivity index (χ2n) is 6.58. The fourth-order valence-corrected chi connectivity index (χ4v) is 3.43. The first-order valence-corrected chi connectivity index (χ1v) is 10.1. The summed E-state index contributed by atoms with van der Waals surface area (Å²) in [5.74, 6) is 0.657. The van der Waals surface area contributed by atoms with Crippen molar-refractivity contribution in [3.63, 3.8) is 0 Å². The molecule has 7 heteroatoms. The summed E-state index contributed by atoms with van der Waals surface area (Å²) in [5.41, 5.74) is 5.24. The standard InChI is InChI=1S/C22H20N4O2S/c1-25(12-17-11-24-26(13-17)20-5-3-2-4-6-20)22(27)18-7-9-21(10-8-18)28-14-19-15-29-16-23-19/h2-11,13,15-16H,12,14H2,1H3. The minimum absolute atomic E-state index is 0.0523. The fourth-order valence-electron chi connectivity index (χ4n) is 2.89. The van der Waals surface area contributed by atoms with E-state index in [0.29, 0.717) is 24.5 Å². The third-order valence-corrected chi connectivity index (χ3v) is 5.03. The van der Waals surface area contributed by atoms with Crippen molar-refractivity contribution in [3.05, 3.63) is 94.7 Å². The maximum Gasteiger partial charge on any atom is 0.253 e. The van der Waals surface area contributed by atoms with E-state index in [0.717, 1.165) is 16.9 Å². The number of benzene rings is 2. The first kappa shape index (κ1) is 18.9. The highest BCUT2D eigenvalue weighted by Crippen LogP contribution is 2.16. The van der Waals surface area contributed by atoms with Gasteiger partial charge in [0, 0.05) is 36.3 Å². The highest BCUT2D eigenvalue weighted by atomic mass is 32.1. The highest BCUT2D eigenvalue weighted by molar-refractivity contribution is 7.07. The number of para-hydroxylation sites is 1. The van der Waals surface area contributed by atoms with Crippen molar-refractivity contribution in [1.82, 2.24) is 19.7 Å². The molecule has 2 aromatic heterocycles. The molecule has 29 heavy (non-hydrogen) atoms. The number of hydrogen-bond acceptors (Lipinski definition) is 5. The van der Waals surface area contributed by atoms with E-state index in [1.165, 1.54) is 11.3 Å². The normalized spacial score (nSPS) is 10.7. The maximum absolute atomic E-state index is 12.7. The van der Waals surface area contributed by atoms with Crippen LogP contribution >= 0.6 is 11.3 Å². The number of thiazole rings is 1. The molecule has 4 rings (SSSR count). The number of rotatable bonds is 7. The van der Waals surface area contributed by atoms with Crippen molar-refractivity contribution in [2.24, 2.45) is 0 Å². The van der Waals surface area contributed by atoms with Crippen LogP contribution in [0.2, 0.25) is 0 Å². The van der Waals surface area contributed by atoms with Crippen LogP contribution < -0.4 is 4.74 Å². The maximum atomic E-state index is 12.7. The Morgan fingerprint density at radius 1 is 1.14 bits per heavy atom. The van der Waals surface area contributed by atoms with Gasteiger partial charge in [-0.05, 0) is 36.4 Å². The second kappa shape index (κ2) is 8.70. The average molecular weight is 404 g/mol. The third kappa shape index (κ3) is 4.70. The first-order chi connectivity index (χ1) is 14.2. The van der Waals surface area contributed by atoms with Gasteiger partial charge in [0.25, 0.3) is 5.91 Å². The molecule has 0 unspecified atom stereocenters. The predicted molar refractivity (Wildman–Crippen MR) is 112 cm³/mol. The van der Waals surface area contributed by atoms with Crippen molar-refractivity contribution in [2.75, 3.05) is 7.05 Å². The Morgan fingerprint density at radius 2 is 1.93 bits per heavy atom. The Hall–Kier alpha value is -3.45. The SMILES string of the molecule is CN(Cc1cnn(-c2ccccc2)c1)C(=O)c1ccc(OCc2cscn2)cc1. The van der Waals surface area contributed by atoms with Crippen molar-refractivity contribution in [2.45, 2.75) is 13.2 Å². The minimum Gasteiger partial charge on any atom is -0.487 e. The van der Waals surface area contributed by atoms with Crippen LogP contribution in [0.1, 0.15) is 21.6 Å². The van der Waals surface area contributed by atoms with Gasteiger partial charge in [-0.15, -0.1) is 11.3 Å². The summed E-state index contributed by atoms with van der Waals surface area (Å²) in [6.45, 7) is 0.899. The minimum atomic E-state index is -0.0523. The molecule has 0 saturated carbocycles. The molecule has 0 bridgehead atoms. The number of aromatic nitrogens is 3. The van der Waals surface area contributed by atoms with Gasteiger partial charge < -0.3 is 9.64 Å². The summed E-state index contributed by atoms with van der Waals surface area (Å²) in [5, 5.41) is 6.33. The lowest BCUT2D eigenvalue weighted by Gasteiger charge is -2.16. The second-order valence-corrected chi connectivity index (χ2v) is 7.30. The van der Waals surface area contributed by atoms with Gasteiger partial charge >= 0.3 is 0 Å². The van der Waals surface area contributed by atoms with Gasteiger partial charge in [0.05, 0.1) is 23.1 Å². The number of ether oxygens (including phenoxy) is 1. The summed E-state index contributed by atoms with van der Waals surface area (Å²) in [4.78, 5) is 18.6. The lowest BCUT2D eigenvalue weighted by Crippen LogP contribution is -2.25. The zero-order chi connectivity index (χ0) is 20.1. The monoisotopic (exact) mass is 404 g/mol. The quantitative estimate of drug-likeness (QED) is 0.464. The molecule has 0 N–H and O–H groups in total. The van der Waals surface area contributed by atoms with Crippen LogP contribution in [0.3, 0.4) is 0 Å². The molecule has 1 amide bonds. The molecule has 0 fully saturated rings. The molecule has 6 nitrogen and oxygen atoms in total. The van der Waals surface area contributed by atoms with Gasteiger partial charge in [0.2, 0.25) is 0 Å². The lowest BCUT2D eigenvalue weighted by molar-refractivity contribution is 0.0785. The Labute approximate surface area is 173 Å². The Morgan fingerprint density at radius 3 is 2.66 bits per heavy atom. The molecular formula is C22H20N4O2S. The van der Waals surface area contributed by atoms with Crippen LogP contribution in [0, 0.1) is 0 Å². The predicted octanol–water partition coefficient (Wildman–Crippen LogP) is 4.18. The Bertz CT molecular complexity index is 1060. The fraction of sp³-hybridized carbons (Fsp3) is 0.136. The number of nitrogens with zero attached hydrogens (tertiary/aromatic N) is 4. The van der Waals surface area contributed by atoms with Crippen LogP contribution in [-0.2, 0) is 13.2 Å². The summed E-state index contributed by atoms with van der Waals surface area (Å²) in [7, 11) is 1.79.